The lowest BCUT2D eigenvalue weighted by Crippen LogP contribution is -2.29. The van der Waals surface area contributed by atoms with Crippen molar-refractivity contribution in [3.05, 3.63) is 29.8 Å². The fraction of sp³-hybridized carbons (Fsp3) is 0.500. The molecule has 2 rings (SSSR count). The molecule has 17 heavy (non-hydrogen) atoms. The van der Waals surface area contributed by atoms with Gasteiger partial charge in [0.2, 0.25) is 0 Å². The van der Waals surface area contributed by atoms with Crippen LogP contribution in [0, 0.1) is 11.7 Å². The normalized spacial score (nSPS) is 19.6. The number of rotatable bonds is 3. The van der Waals surface area contributed by atoms with E-state index in [9.17, 15) is 9.18 Å². The van der Waals surface area contributed by atoms with Crippen molar-refractivity contribution in [2.45, 2.75) is 12.8 Å². The monoisotopic (exact) mass is 300 g/mol. The maximum atomic E-state index is 12.7. The summed E-state index contributed by atoms with van der Waals surface area (Å²) in [4.78, 5) is 17.7. The molecular formula is C12H14BrFN2O. The topological polar surface area (TPSA) is 33.2 Å². The number of amides is 1. The molecule has 0 bridgehead atoms. The molecule has 0 radical (unpaired) electrons. The van der Waals surface area contributed by atoms with Crippen molar-refractivity contribution in [3.63, 3.8) is 0 Å². The number of alkyl halides is 1. The Morgan fingerprint density at radius 3 is 3.06 bits per heavy atom. The van der Waals surface area contributed by atoms with Gasteiger partial charge in [-0.15, -0.1) is 0 Å². The Balaban J connectivity index is 1.99. The molecule has 0 aliphatic carbocycles. The second-order valence-corrected chi connectivity index (χ2v) is 5.04. The summed E-state index contributed by atoms with van der Waals surface area (Å²) in [6.45, 7) is 1.55. The maximum absolute atomic E-state index is 12.7. The number of likely N-dealkylation sites (tertiary alicyclic amines) is 1. The molecule has 1 fully saturated rings. The zero-order valence-electron chi connectivity index (χ0n) is 9.40. The second-order valence-electron chi connectivity index (χ2n) is 4.25. The average Bonchev–Trinajstić information content (AvgIpc) is 2.78. The van der Waals surface area contributed by atoms with Crippen LogP contribution in [0.15, 0.2) is 18.3 Å². The molecular weight excluding hydrogens is 287 g/mol. The summed E-state index contributed by atoms with van der Waals surface area (Å²) in [6.07, 6.45) is 3.21. The summed E-state index contributed by atoms with van der Waals surface area (Å²) >= 11 is 3.41. The first-order chi connectivity index (χ1) is 8.20. The van der Waals surface area contributed by atoms with E-state index in [0.29, 0.717) is 11.6 Å². The zero-order chi connectivity index (χ0) is 12.3. The fourth-order valence-corrected chi connectivity index (χ4v) is 2.72. The van der Waals surface area contributed by atoms with E-state index in [1.54, 1.807) is 4.90 Å². The molecule has 1 saturated heterocycles. The lowest BCUT2D eigenvalue weighted by atomic mass is 10.1. The van der Waals surface area contributed by atoms with Crippen molar-refractivity contribution in [3.8, 4) is 0 Å². The molecule has 5 heteroatoms. The van der Waals surface area contributed by atoms with Gasteiger partial charge in [0.25, 0.3) is 5.91 Å². The predicted molar refractivity (Wildman–Crippen MR) is 66.6 cm³/mol. The van der Waals surface area contributed by atoms with Gasteiger partial charge in [0.05, 0.1) is 6.20 Å². The van der Waals surface area contributed by atoms with Gasteiger partial charge in [-0.3, -0.25) is 4.79 Å². The number of hydrogen-bond donors (Lipinski definition) is 0. The van der Waals surface area contributed by atoms with E-state index >= 15 is 0 Å². The minimum atomic E-state index is -0.417. The van der Waals surface area contributed by atoms with Gasteiger partial charge >= 0.3 is 0 Å². The van der Waals surface area contributed by atoms with Gasteiger partial charge in [0.1, 0.15) is 11.5 Å². The van der Waals surface area contributed by atoms with Crippen molar-refractivity contribution in [1.29, 1.82) is 0 Å². The summed E-state index contributed by atoms with van der Waals surface area (Å²) < 4.78 is 12.7. The molecule has 0 aromatic carbocycles. The highest BCUT2D eigenvalue weighted by molar-refractivity contribution is 9.09. The summed E-state index contributed by atoms with van der Waals surface area (Å²) in [5, 5.41) is 0.967. The summed E-state index contributed by atoms with van der Waals surface area (Å²) in [5.74, 6) is 0.0565. The molecule has 0 N–H and O–H groups in total. The van der Waals surface area contributed by atoms with Gasteiger partial charge < -0.3 is 4.90 Å². The number of halogens is 2. The number of nitrogens with zero attached hydrogens (tertiary/aromatic N) is 2. The standard InChI is InChI=1S/C12H14BrFN2O/c13-5-3-9-4-6-16(8-9)12(17)11-2-1-10(14)7-15-11/h1-2,7,9H,3-6,8H2. The molecule has 1 aromatic rings. The van der Waals surface area contributed by atoms with E-state index in [1.807, 2.05) is 0 Å². The SMILES string of the molecule is O=C(c1ccc(F)cn1)N1CCC(CCBr)C1. The van der Waals surface area contributed by atoms with Crippen LogP contribution in [0.1, 0.15) is 23.3 Å². The van der Waals surface area contributed by atoms with E-state index in [2.05, 4.69) is 20.9 Å². The van der Waals surface area contributed by atoms with E-state index < -0.39 is 5.82 Å². The lowest BCUT2D eigenvalue weighted by Gasteiger charge is -2.15. The summed E-state index contributed by atoms with van der Waals surface area (Å²) in [7, 11) is 0. The van der Waals surface area contributed by atoms with E-state index in [1.165, 1.54) is 12.1 Å². The van der Waals surface area contributed by atoms with Crippen LogP contribution < -0.4 is 0 Å². The third kappa shape index (κ3) is 3.03. The Morgan fingerprint density at radius 1 is 1.59 bits per heavy atom. The number of aromatic nitrogens is 1. The highest BCUT2D eigenvalue weighted by atomic mass is 79.9. The first-order valence-corrected chi connectivity index (χ1v) is 6.79. The molecule has 2 heterocycles. The van der Waals surface area contributed by atoms with Crippen molar-refractivity contribution >= 4 is 21.8 Å². The molecule has 1 aliphatic rings. The zero-order valence-corrected chi connectivity index (χ0v) is 11.0. The van der Waals surface area contributed by atoms with Gasteiger partial charge in [0.15, 0.2) is 0 Å². The molecule has 1 aliphatic heterocycles. The fourth-order valence-electron chi connectivity index (χ4n) is 2.07. The quantitative estimate of drug-likeness (QED) is 0.804. The Bertz CT molecular complexity index is 396. The van der Waals surface area contributed by atoms with Gasteiger partial charge in [-0.05, 0) is 30.9 Å². The van der Waals surface area contributed by atoms with Crippen molar-refractivity contribution < 1.29 is 9.18 Å². The van der Waals surface area contributed by atoms with Gasteiger partial charge in [-0.1, -0.05) is 15.9 Å². The first-order valence-electron chi connectivity index (χ1n) is 5.67. The largest absolute Gasteiger partial charge is 0.337 e. The smallest absolute Gasteiger partial charge is 0.272 e. The van der Waals surface area contributed by atoms with Crippen LogP contribution >= 0.6 is 15.9 Å². The van der Waals surface area contributed by atoms with Crippen LogP contribution in [-0.4, -0.2) is 34.2 Å². The van der Waals surface area contributed by atoms with Crippen LogP contribution in [0.3, 0.4) is 0 Å². The van der Waals surface area contributed by atoms with Gasteiger partial charge in [-0.2, -0.15) is 0 Å². The highest BCUT2D eigenvalue weighted by Gasteiger charge is 2.26. The minimum Gasteiger partial charge on any atom is -0.337 e. The lowest BCUT2D eigenvalue weighted by molar-refractivity contribution is 0.0781. The van der Waals surface area contributed by atoms with Crippen LogP contribution in [0.2, 0.25) is 0 Å². The van der Waals surface area contributed by atoms with E-state index in [0.717, 1.165) is 37.5 Å². The number of carbonyl (C=O) groups is 1. The van der Waals surface area contributed by atoms with Gasteiger partial charge in [0, 0.05) is 18.4 Å². The predicted octanol–water partition coefficient (Wildman–Crippen LogP) is 2.47. The number of carbonyl (C=O) groups excluding carboxylic acids is 1. The first kappa shape index (κ1) is 12.5. The van der Waals surface area contributed by atoms with E-state index in [4.69, 9.17) is 0 Å². The Morgan fingerprint density at radius 2 is 2.41 bits per heavy atom. The molecule has 1 aromatic heterocycles. The molecule has 0 spiro atoms. The molecule has 1 atom stereocenters. The molecule has 3 nitrogen and oxygen atoms in total. The maximum Gasteiger partial charge on any atom is 0.272 e. The van der Waals surface area contributed by atoms with Crippen molar-refractivity contribution in [2.24, 2.45) is 5.92 Å². The third-order valence-electron chi connectivity index (χ3n) is 3.04. The molecule has 1 amide bonds. The molecule has 1 unspecified atom stereocenters. The summed E-state index contributed by atoms with van der Waals surface area (Å²) in [5.41, 5.74) is 0.325. The van der Waals surface area contributed by atoms with Crippen LogP contribution in [-0.2, 0) is 0 Å². The second kappa shape index (κ2) is 5.58. The Hall–Kier alpha value is -0.970. The molecule has 0 saturated carbocycles. The average molecular weight is 301 g/mol. The number of pyridine rings is 1. The van der Waals surface area contributed by atoms with Crippen LogP contribution in [0.25, 0.3) is 0 Å². The van der Waals surface area contributed by atoms with Crippen molar-refractivity contribution in [1.82, 2.24) is 9.88 Å². The third-order valence-corrected chi connectivity index (χ3v) is 3.49. The van der Waals surface area contributed by atoms with Crippen molar-refractivity contribution in [2.75, 3.05) is 18.4 Å². The Labute approximate surface area is 108 Å². The van der Waals surface area contributed by atoms with Gasteiger partial charge in [-0.25, -0.2) is 9.37 Å². The summed E-state index contributed by atoms with van der Waals surface area (Å²) in [6, 6.07) is 2.71. The highest BCUT2D eigenvalue weighted by Crippen LogP contribution is 2.21. The van der Waals surface area contributed by atoms with Crippen LogP contribution in [0.4, 0.5) is 4.39 Å². The molecule has 92 valence electrons. The minimum absolute atomic E-state index is 0.0953. The van der Waals surface area contributed by atoms with Crippen LogP contribution in [0.5, 0.6) is 0 Å². The number of hydrogen-bond acceptors (Lipinski definition) is 2. The Kier molecular flexibility index (Phi) is 4.10. The van der Waals surface area contributed by atoms with E-state index in [-0.39, 0.29) is 5.91 Å².